The summed E-state index contributed by atoms with van der Waals surface area (Å²) in [6, 6.07) is 4.71. The molecule has 2 aliphatic rings. The molecule has 0 unspecified atom stereocenters. The van der Waals surface area contributed by atoms with Gasteiger partial charge in [0.05, 0.1) is 6.42 Å². The highest BCUT2D eigenvalue weighted by Gasteiger charge is 2.27. The number of likely N-dealkylation sites (tertiary alicyclic amines) is 2. The van der Waals surface area contributed by atoms with Crippen molar-refractivity contribution < 1.29 is 18.4 Å². The van der Waals surface area contributed by atoms with Gasteiger partial charge in [0, 0.05) is 50.7 Å². The Morgan fingerprint density at radius 3 is 2.11 bits per heavy atom. The Balaban J connectivity index is 1.43. The average molecular weight is 379 g/mol. The van der Waals surface area contributed by atoms with E-state index in [9.17, 15) is 18.4 Å². The number of hydrogen-bond acceptors (Lipinski definition) is 3. The van der Waals surface area contributed by atoms with E-state index in [2.05, 4.69) is 5.32 Å². The number of carbonyl (C=O) groups excluding carboxylic acids is 2. The maximum Gasteiger partial charge on any atom is 0.227 e. The molecule has 2 amide bonds. The lowest BCUT2D eigenvalue weighted by Gasteiger charge is -2.37. The van der Waals surface area contributed by atoms with Crippen molar-refractivity contribution in [1.82, 2.24) is 15.1 Å². The fourth-order valence-electron chi connectivity index (χ4n) is 3.95. The molecule has 1 aromatic carbocycles. The molecule has 5 nitrogen and oxygen atoms in total. The highest BCUT2D eigenvalue weighted by Crippen LogP contribution is 2.18. The van der Waals surface area contributed by atoms with Crippen molar-refractivity contribution in [3.05, 3.63) is 35.4 Å². The topological polar surface area (TPSA) is 52.7 Å². The van der Waals surface area contributed by atoms with E-state index in [1.807, 2.05) is 4.90 Å². The SMILES string of the molecule is CC(=O)N1CCC(NC2CCN(C(=O)Cc3cccc(F)c3F)CC2)CC1. The zero-order chi connectivity index (χ0) is 19.4. The Kier molecular flexibility index (Phi) is 6.42. The van der Waals surface area contributed by atoms with Crippen LogP contribution in [0.4, 0.5) is 8.78 Å². The Morgan fingerprint density at radius 1 is 1.00 bits per heavy atom. The first-order valence-corrected chi connectivity index (χ1v) is 9.66. The Morgan fingerprint density at radius 2 is 1.56 bits per heavy atom. The van der Waals surface area contributed by atoms with Crippen LogP contribution in [-0.4, -0.2) is 59.9 Å². The van der Waals surface area contributed by atoms with E-state index >= 15 is 0 Å². The number of amides is 2. The van der Waals surface area contributed by atoms with Crippen molar-refractivity contribution in [2.75, 3.05) is 26.2 Å². The van der Waals surface area contributed by atoms with Crippen LogP contribution in [0.1, 0.15) is 38.2 Å². The van der Waals surface area contributed by atoms with E-state index in [0.29, 0.717) is 25.2 Å². The summed E-state index contributed by atoms with van der Waals surface area (Å²) in [6.45, 7) is 4.45. The maximum atomic E-state index is 13.7. The summed E-state index contributed by atoms with van der Waals surface area (Å²) in [4.78, 5) is 27.4. The van der Waals surface area contributed by atoms with E-state index < -0.39 is 11.6 Å². The van der Waals surface area contributed by atoms with Crippen molar-refractivity contribution in [2.24, 2.45) is 0 Å². The predicted octanol–water partition coefficient (Wildman–Crippen LogP) is 2.10. The highest BCUT2D eigenvalue weighted by molar-refractivity contribution is 5.79. The van der Waals surface area contributed by atoms with Crippen LogP contribution in [-0.2, 0) is 16.0 Å². The molecule has 1 N–H and O–H groups in total. The molecule has 0 aliphatic carbocycles. The van der Waals surface area contributed by atoms with Crippen molar-refractivity contribution in [1.29, 1.82) is 0 Å². The minimum atomic E-state index is -0.931. The summed E-state index contributed by atoms with van der Waals surface area (Å²) in [7, 11) is 0. The second-order valence-electron chi connectivity index (χ2n) is 7.49. The van der Waals surface area contributed by atoms with Crippen molar-refractivity contribution in [3.63, 3.8) is 0 Å². The number of halogens is 2. The number of nitrogens with zero attached hydrogens (tertiary/aromatic N) is 2. The van der Waals surface area contributed by atoms with Gasteiger partial charge < -0.3 is 15.1 Å². The highest BCUT2D eigenvalue weighted by atomic mass is 19.2. The van der Waals surface area contributed by atoms with Crippen molar-refractivity contribution in [3.8, 4) is 0 Å². The van der Waals surface area contributed by atoms with E-state index in [4.69, 9.17) is 0 Å². The predicted molar refractivity (Wildman–Crippen MR) is 98.1 cm³/mol. The van der Waals surface area contributed by atoms with Gasteiger partial charge in [-0.3, -0.25) is 9.59 Å². The number of rotatable bonds is 4. The van der Waals surface area contributed by atoms with Crippen LogP contribution in [0.3, 0.4) is 0 Å². The standard InChI is InChI=1S/C20H27F2N3O2/c1-14(26)24-9-5-16(6-10-24)23-17-7-11-25(12-8-17)19(27)13-15-3-2-4-18(21)20(15)22/h2-4,16-17,23H,5-13H2,1H3. The molecule has 1 aromatic rings. The van der Waals surface area contributed by atoms with Gasteiger partial charge in [-0.2, -0.15) is 0 Å². The molecular weight excluding hydrogens is 352 g/mol. The Hall–Kier alpha value is -2.02. The van der Waals surface area contributed by atoms with E-state index in [0.717, 1.165) is 44.8 Å². The van der Waals surface area contributed by atoms with Gasteiger partial charge in [-0.25, -0.2) is 8.78 Å². The molecule has 148 valence electrons. The zero-order valence-corrected chi connectivity index (χ0v) is 15.7. The van der Waals surface area contributed by atoms with Gasteiger partial charge in [-0.15, -0.1) is 0 Å². The minimum absolute atomic E-state index is 0.106. The molecule has 3 rings (SSSR count). The van der Waals surface area contributed by atoms with Crippen LogP contribution in [0.25, 0.3) is 0 Å². The number of carbonyl (C=O) groups is 2. The first kappa shape index (κ1) is 19.7. The zero-order valence-electron chi connectivity index (χ0n) is 15.7. The molecule has 7 heteroatoms. The monoisotopic (exact) mass is 379 g/mol. The third-order valence-electron chi connectivity index (χ3n) is 5.63. The number of nitrogens with one attached hydrogen (secondary N) is 1. The third kappa shape index (κ3) is 5.03. The van der Waals surface area contributed by atoms with E-state index in [-0.39, 0.29) is 23.8 Å². The van der Waals surface area contributed by atoms with Crippen LogP contribution in [0.2, 0.25) is 0 Å². The molecule has 2 aliphatic heterocycles. The summed E-state index contributed by atoms with van der Waals surface area (Å²) in [5.41, 5.74) is 0.109. The molecule has 0 saturated carbocycles. The second-order valence-corrected chi connectivity index (χ2v) is 7.49. The lowest BCUT2D eigenvalue weighted by molar-refractivity contribution is -0.131. The van der Waals surface area contributed by atoms with Crippen LogP contribution in [0, 0.1) is 11.6 Å². The summed E-state index contributed by atoms with van der Waals surface area (Å²) >= 11 is 0. The molecule has 2 saturated heterocycles. The first-order valence-electron chi connectivity index (χ1n) is 9.66. The molecule has 27 heavy (non-hydrogen) atoms. The van der Waals surface area contributed by atoms with Crippen LogP contribution >= 0.6 is 0 Å². The van der Waals surface area contributed by atoms with Crippen molar-refractivity contribution in [2.45, 2.75) is 51.1 Å². The van der Waals surface area contributed by atoms with Gasteiger partial charge in [0.25, 0.3) is 0 Å². The molecule has 2 fully saturated rings. The van der Waals surface area contributed by atoms with Gasteiger partial charge in [-0.1, -0.05) is 12.1 Å². The molecule has 0 aromatic heterocycles. The van der Waals surface area contributed by atoms with E-state index in [1.54, 1.807) is 11.8 Å². The normalized spacial score (nSPS) is 19.4. The quantitative estimate of drug-likeness (QED) is 0.872. The molecule has 0 atom stereocenters. The number of benzene rings is 1. The molecule has 2 heterocycles. The molecule has 0 spiro atoms. The second kappa shape index (κ2) is 8.78. The van der Waals surface area contributed by atoms with Gasteiger partial charge in [0.15, 0.2) is 11.6 Å². The van der Waals surface area contributed by atoms with Crippen LogP contribution < -0.4 is 5.32 Å². The van der Waals surface area contributed by atoms with Gasteiger partial charge in [0.2, 0.25) is 11.8 Å². The van der Waals surface area contributed by atoms with Gasteiger partial charge in [0.1, 0.15) is 0 Å². The molecule has 0 radical (unpaired) electrons. The first-order chi connectivity index (χ1) is 12.9. The third-order valence-corrected chi connectivity index (χ3v) is 5.63. The van der Waals surface area contributed by atoms with E-state index in [1.165, 1.54) is 12.1 Å². The fraction of sp³-hybridized carbons (Fsp3) is 0.600. The summed E-state index contributed by atoms with van der Waals surface area (Å²) in [6.07, 6.45) is 3.51. The Labute approximate surface area is 158 Å². The van der Waals surface area contributed by atoms with Gasteiger partial charge >= 0.3 is 0 Å². The smallest absolute Gasteiger partial charge is 0.227 e. The summed E-state index contributed by atoms with van der Waals surface area (Å²) < 4.78 is 27.0. The number of hydrogen-bond donors (Lipinski definition) is 1. The summed E-state index contributed by atoms with van der Waals surface area (Å²) in [5, 5.41) is 3.66. The average Bonchev–Trinajstić information content (AvgIpc) is 2.66. The van der Waals surface area contributed by atoms with Crippen LogP contribution in [0.5, 0.6) is 0 Å². The molecular formula is C20H27F2N3O2. The Bertz CT molecular complexity index is 682. The van der Waals surface area contributed by atoms with Crippen molar-refractivity contribution >= 4 is 11.8 Å². The minimum Gasteiger partial charge on any atom is -0.343 e. The lowest BCUT2D eigenvalue weighted by Crippen LogP contribution is -2.51. The fourth-order valence-corrected chi connectivity index (χ4v) is 3.95. The number of piperidine rings is 2. The van der Waals surface area contributed by atoms with Gasteiger partial charge in [-0.05, 0) is 31.7 Å². The lowest BCUT2D eigenvalue weighted by atomic mass is 9.99. The largest absolute Gasteiger partial charge is 0.343 e. The molecule has 0 bridgehead atoms. The van der Waals surface area contributed by atoms with Crippen LogP contribution in [0.15, 0.2) is 18.2 Å². The maximum absolute atomic E-state index is 13.7. The summed E-state index contributed by atoms with van der Waals surface area (Å²) in [5.74, 6) is -1.87.